The third-order valence-corrected chi connectivity index (χ3v) is 5.30. The maximum absolute atomic E-state index is 12.4. The van der Waals surface area contributed by atoms with Gasteiger partial charge in [0.15, 0.2) is 5.78 Å². The van der Waals surface area contributed by atoms with Crippen molar-refractivity contribution in [1.29, 1.82) is 0 Å². The highest BCUT2D eigenvalue weighted by Gasteiger charge is 2.24. The SMILES string of the molecule is O=C1/C(=C/c2csc([N+](=O)[O-])c2)CC/C1=C\c1csc([N+](=O)[O-])c1. The largest absolute Gasteiger partial charge is 0.324 e. The highest BCUT2D eigenvalue weighted by molar-refractivity contribution is 7.13. The maximum atomic E-state index is 12.4. The molecule has 2 aromatic heterocycles. The fourth-order valence-electron chi connectivity index (χ4n) is 2.40. The van der Waals surface area contributed by atoms with E-state index < -0.39 is 9.85 Å². The van der Waals surface area contributed by atoms with Gasteiger partial charge in [-0.2, -0.15) is 0 Å². The first-order chi connectivity index (χ1) is 11.4. The molecule has 1 fully saturated rings. The van der Waals surface area contributed by atoms with Crippen LogP contribution in [0.5, 0.6) is 0 Å². The molecule has 2 aromatic rings. The molecule has 0 bridgehead atoms. The van der Waals surface area contributed by atoms with Gasteiger partial charge in [-0.15, -0.1) is 0 Å². The molecule has 7 nitrogen and oxygen atoms in total. The van der Waals surface area contributed by atoms with E-state index in [1.165, 1.54) is 12.1 Å². The molecule has 1 aliphatic rings. The van der Waals surface area contributed by atoms with E-state index in [9.17, 15) is 25.0 Å². The van der Waals surface area contributed by atoms with E-state index in [0.29, 0.717) is 35.1 Å². The van der Waals surface area contributed by atoms with Crippen molar-refractivity contribution < 1.29 is 14.6 Å². The van der Waals surface area contributed by atoms with Crippen molar-refractivity contribution in [2.24, 2.45) is 0 Å². The highest BCUT2D eigenvalue weighted by atomic mass is 32.1. The Morgan fingerprint density at radius 2 is 1.29 bits per heavy atom. The van der Waals surface area contributed by atoms with Gasteiger partial charge in [-0.1, -0.05) is 22.7 Å². The van der Waals surface area contributed by atoms with E-state index in [1.807, 2.05) is 0 Å². The van der Waals surface area contributed by atoms with Gasteiger partial charge in [-0.25, -0.2) is 0 Å². The van der Waals surface area contributed by atoms with Gasteiger partial charge in [-0.3, -0.25) is 25.0 Å². The summed E-state index contributed by atoms with van der Waals surface area (Å²) in [7, 11) is 0. The van der Waals surface area contributed by atoms with Crippen molar-refractivity contribution in [2.75, 3.05) is 0 Å². The molecule has 24 heavy (non-hydrogen) atoms. The summed E-state index contributed by atoms with van der Waals surface area (Å²) >= 11 is 2.04. The molecule has 9 heteroatoms. The fraction of sp³-hybridized carbons (Fsp3) is 0.133. The highest BCUT2D eigenvalue weighted by Crippen LogP contribution is 2.33. The van der Waals surface area contributed by atoms with Crippen LogP contribution in [0, 0.1) is 20.2 Å². The standard InChI is InChI=1S/C15H10N2O5S2/c18-15-11(3-9-5-13(16(19)20)23-7-9)1-2-12(15)4-10-6-14(17(21)22)24-8-10/h3-8H,1-2H2/b11-3+,12-4+. The predicted molar refractivity (Wildman–Crippen MR) is 92.1 cm³/mol. The molecule has 1 saturated carbocycles. The number of allylic oxidation sites excluding steroid dienone is 2. The van der Waals surface area contributed by atoms with Crippen LogP contribution in [0.1, 0.15) is 24.0 Å². The Morgan fingerprint density at radius 1 is 0.875 bits per heavy atom. The minimum atomic E-state index is -0.460. The first kappa shape index (κ1) is 16.2. The van der Waals surface area contributed by atoms with Gasteiger partial charge in [0.2, 0.25) is 0 Å². The summed E-state index contributed by atoms with van der Waals surface area (Å²) in [5.41, 5.74) is 2.47. The molecule has 0 aliphatic heterocycles. The predicted octanol–water partition coefficient (Wildman–Crippen LogP) is 4.46. The number of carbonyl (C=O) groups is 1. The van der Waals surface area contributed by atoms with E-state index >= 15 is 0 Å². The third-order valence-electron chi connectivity index (χ3n) is 3.50. The molecule has 0 spiro atoms. The zero-order chi connectivity index (χ0) is 17.3. The lowest BCUT2D eigenvalue weighted by Crippen LogP contribution is -1.95. The van der Waals surface area contributed by atoms with Crippen molar-refractivity contribution in [3.8, 4) is 0 Å². The molecule has 0 saturated heterocycles. The second kappa shape index (κ2) is 6.46. The minimum absolute atomic E-state index is 0.0358. The smallest absolute Gasteiger partial charge is 0.289 e. The molecule has 0 N–H and O–H groups in total. The number of Topliss-reactive ketones (excluding diaryl/α,β-unsaturated/α-hetero) is 1. The first-order valence-corrected chi connectivity index (χ1v) is 8.61. The van der Waals surface area contributed by atoms with Crippen LogP contribution >= 0.6 is 22.7 Å². The van der Waals surface area contributed by atoms with E-state index in [2.05, 4.69) is 0 Å². The third kappa shape index (κ3) is 3.31. The number of thiophene rings is 2. The Bertz CT molecular complexity index is 834. The minimum Gasteiger partial charge on any atom is -0.289 e. The summed E-state index contributed by atoms with van der Waals surface area (Å²) in [6.45, 7) is 0. The van der Waals surface area contributed by atoms with Crippen LogP contribution in [0.25, 0.3) is 12.2 Å². The van der Waals surface area contributed by atoms with Gasteiger partial charge < -0.3 is 0 Å². The van der Waals surface area contributed by atoms with Crippen molar-refractivity contribution in [3.05, 3.63) is 65.4 Å². The van der Waals surface area contributed by atoms with Crippen molar-refractivity contribution in [1.82, 2.24) is 0 Å². The molecule has 0 radical (unpaired) electrons. The maximum Gasteiger partial charge on any atom is 0.324 e. The molecule has 122 valence electrons. The number of carbonyl (C=O) groups excluding carboxylic acids is 1. The first-order valence-electron chi connectivity index (χ1n) is 6.86. The number of hydrogen-bond acceptors (Lipinski definition) is 7. The Morgan fingerprint density at radius 3 is 1.62 bits per heavy atom. The van der Waals surface area contributed by atoms with Crippen LogP contribution < -0.4 is 0 Å². The molecular formula is C15H10N2O5S2. The molecule has 1 aliphatic carbocycles. The normalized spacial score (nSPS) is 17.8. The second-order valence-electron chi connectivity index (χ2n) is 5.12. The van der Waals surface area contributed by atoms with Gasteiger partial charge in [0.05, 0.1) is 9.85 Å². The van der Waals surface area contributed by atoms with Crippen LogP contribution in [0.15, 0.2) is 34.0 Å². The Labute approximate surface area is 143 Å². The summed E-state index contributed by atoms with van der Waals surface area (Å²) < 4.78 is 0. The van der Waals surface area contributed by atoms with Crippen LogP contribution in [0.4, 0.5) is 10.0 Å². The second-order valence-corrected chi connectivity index (χ2v) is 6.90. The van der Waals surface area contributed by atoms with Crippen LogP contribution in [0.3, 0.4) is 0 Å². The van der Waals surface area contributed by atoms with Crippen molar-refractivity contribution >= 4 is 50.6 Å². The molecule has 0 atom stereocenters. The number of nitro groups is 2. The summed E-state index contributed by atoms with van der Waals surface area (Å²) in [6, 6.07) is 2.88. The Hall–Kier alpha value is -2.65. The van der Waals surface area contributed by atoms with Gasteiger partial charge in [0.1, 0.15) is 0 Å². The quantitative estimate of drug-likeness (QED) is 0.454. The average Bonchev–Trinajstić information content (AvgIpc) is 3.24. The molecule has 0 aromatic carbocycles. The summed E-state index contributed by atoms with van der Waals surface area (Å²) in [5, 5.41) is 24.7. The van der Waals surface area contributed by atoms with Crippen LogP contribution in [-0.4, -0.2) is 15.6 Å². The molecule has 2 heterocycles. The molecule has 0 amide bonds. The Balaban J connectivity index is 1.80. The number of ketones is 1. The zero-order valence-corrected chi connectivity index (χ0v) is 13.8. The summed E-state index contributed by atoms with van der Waals surface area (Å²) in [5.74, 6) is -0.113. The van der Waals surface area contributed by atoms with Gasteiger partial charge >= 0.3 is 10.0 Å². The zero-order valence-electron chi connectivity index (χ0n) is 12.1. The fourth-order valence-corrected chi connectivity index (χ4v) is 3.77. The monoisotopic (exact) mass is 362 g/mol. The lowest BCUT2D eigenvalue weighted by Gasteiger charge is -1.94. The Kier molecular flexibility index (Phi) is 4.36. The lowest BCUT2D eigenvalue weighted by molar-refractivity contribution is -0.380. The van der Waals surface area contributed by atoms with E-state index in [-0.39, 0.29) is 15.8 Å². The molecular weight excluding hydrogens is 352 g/mol. The topological polar surface area (TPSA) is 103 Å². The number of nitrogens with zero attached hydrogens (tertiary/aromatic N) is 2. The van der Waals surface area contributed by atoms with Gasteiger partial charge in [0.25, 0.3) is 0 Å². The van der Waals surface area contributed by atoms with E-state index in [4.69, 9.17) is 0 Å². The molecule has 3 rings (SSSR count). The number of rotatable bonds is 4. The summed E-state index contributed by atoms with van der Waals surface area (Å²) in [6.07, 6.45) is 4.45. The van der Waals surface area contributed by atoms with E-state index in [0.717, 1.165) is 22.7 Å². The average molecular weight is 362 g/mol. The lowest BCUT2D eigenvalue weighted by atomic mass is 10.1. The van der Waals surface area contributed by atoms with Crippen molar-refractivity contribution in [3.63, 3.8) is 0 Å². The van der Waals surface area contributed by atoms with Gasteiger partial charge in [-0.05, 0) is 36.1 Å². The van der Waals surface area contributed by atoms with Crippen LogP contribution in [0.2, 0.25) is 0 Å². The van der Waals surface area contributed by atoms with Gasteiger partial charge in [0, 0.05) is 34.0 Å². The summed E-state index contributed by atoms with van der Waals surface area (Å²) in [4.78, 5) is 32.9. The van der Waals surface area contributed by atoms with Crippen LogP contribution in [-0.2, 0) is 4.79 Å². The van der Waals surface area contributed by atoms with E-state index in [1.54, 1.807) is 22.9 Å². The van der Waals surface area contributed by atoms with Crippen molar-refractivity contribution in [2.45, 2.75) is 12.8 Å². The number of hydrogen-bond donors (Lipinski definition) is 0. The molecule has 0 unspecified atom stereocenters.